The van der Waals surface area contributed by atoms with Gasteiger partial charge >= 0.3 is 18.1 Å². The van der Waals surface area contributed by atoms with Crippen LogP contribution in [0.4, 0.5) is 23.2 Å². The first kappa shape index (κ1) is 19.6. The number of halogens is 4. The Labute approximate surface area is 135 Å². The third-order valence-corrected chi connectivity index (χ3v) is 2.73. The van der Waals surface area contributed by atoms with Crippen LogP contribution in [0.2, 0.25) is 0 Å². The molecule has 0 heterocycles. The van der Waals surface area contributed by atoms with Crippen molar-refractivity contribution < 1.29 is 36.6 Å². The molecule has 0 spiro atoms. The molecule has 5 nitrogen and oxygen atoms in total. The molecule has 0 aliphatic rings. The summed E-state index contributed by atoms with van der Waals surface area (Å²) in [4.78, 5) is 26.9. The number of nitrogens with zero attached hydrogens (tertiary/aromatic N) is 1. The second-order valence-corrected chi connectivity index (χ2v) is 4.40. The maximum atomic E-state index is 13.9. The van der Waals surface area contributed by atoms with Gasteiger partial charge in [0, 0.05) is 6.21 Å². The van der Waals surface area contributed by atoms with Crippen molar-refractivity contribution in [3.05, 3.63) is 29.6 Å². The normalized spacial score (nSPS) is 11.8. The van der Waals surface area contributed by atoms with Crippen LogP contribution in [0.15, 0.2) is 23.2 Å². The summed E-state index contributed by atoms with van der Waals surface area (Å²) in [6.45, 7) is 2.95. The molecule has 0 fully saturated rings. The van der Waals surface area contributed by atoms with Crippen LogP contribution in [0.25, 0.3) is 0 Å². The van der Waals surface area contributed by atoms with Crippen LogP contribution in [-0.4, -0.2) is 31.4 Å². The first-order chi connectivity index (χ1) is 11.2. The minimum Gasteiger partial charge on any atom is -0.465 e. The van der Waals surface area contributed by atoms with Crippen LogP contribution in [0.3, 0.4) is 0 Å². The van der Waals surface area contributed by atoms with Crippen molar-refractivity contribution in [1.29, 1.82) is 0 Å². The fourth-order valence-corrected chi connectivity index (χ4v) is 1.68. The monoisotopic (exact) mass is 349 g/mol. The van der Waals surface area contributed by atoms with E-state index >= 15 is 0 Å². The molecule has 0 atom stereocenters. The highest BCUT2D eigenvalue weighted by Crippen LogP contribution is 2.34. The molecule has 0 unspecified atom stereocenters. The third kappa shape index (κ3) is 5.04. The highest BCUT2D eigenvalue weighted by atomic mass is 19.4. The quantitative estimate of drug-likeness (QED) is 0.342. The van der Waals surface area contributed by atoms with Gasteiger partial charge in [-0.3, -0.25) is 14.6 Å². The second kappa shape index (κ2) is 8.42. The molecule has 9 heteroatoms. The number of carbonyl (C=O) groups is 2. The summed E-state index contributed by atoms with van der Waals surface area (Å²) < 4.78 is 61.1. The Kier molecular flexibility index (Phi) is 6.87. The van der Waals surface area contributed by atoms with Gasteiger partial charge in [0.15, 0.2) is 11.7 Å². The van der Waals surface area contributed by atoms with Crippen LogP contribution in [0, 0.1) is 11.7 Å². The molecular weight excluding hydrogens is 334 g/mol. The molecule has 1 rings (SSSR count). The SMILES string of the molecule is CCOC(=O)C(C=Nc1cccc(C(F)(F)F)c1F)C(=O)OCC. The smallest absolute Gasteiger partial charge is 0.419 e. The topological polar surface area (TPSA) is 65.0 Å². The number of ether oxygens (including phenoxy) is 2. The molecule has 0 aliphatic carbocycles. The van der Waals surface area contributed by atoms with Crippen molar-refractivity contribution in [2.75, 3.05) is 13.2 Å². The van der Waals surface area contributed by atoms with Gasteiger partial charge in [-0.25, -0.2) is 4.39 Å². The van der Waals surface area contributed by atoms with Crippen LogP contribution >= 0.6 is 0 Å². The Hall–Kier alpha value is -2.45. The van der Waals surface area contributed by atoms with Gasteiger partial charge in [-0.1, -0.05) is 6.07 Å². The van der Waals surface area contributed by atoms with Crippen molar-refractivity contribution in [1.82, 2.24) is 0 Å². The Morgan fingerprint density at radius 3 is 2.17 bits per heavy atom. The summed E-state index contributed by atoms with van der Waals surface area (Å²) in [5, 5.41) is 0. The van der Waals surface area contributed by atoms with E-state index in [1.54, 1.807) is 0 Å². The predicted octanol–water partition coefficient (Wildman–Crippen LogP) is 3.29. The lowest BCUT2D eigenvalue weighted by atomic mass is 10.1. The molecule has 132 valence electrons. The van der Waals surface area contributed by atoms with Crippen LogP contribution in [-0.2, 0) is 25.2 Å². The van der Waals surface area contributed by atoms with E-state index in [1.807, 2.05) is 0 Å². The molecule has 0 N–H and O–H groups in total. The molecular formula is C15H15F4NO4. The summed E-state index contributed by atoms with van der Waals surface area (Å²) >= 11 is 0. The van der Waals surface area contributed by atoms with E-state index in [4.69, 9.17) is 0 Å². The summed E-state index contributed by atoms with van der Waals surface area (Å²) in [6.07, 6.45) is -4.19. The summed E-state index contributed by atoms with van der Waals surface area (Å²) in [5.41, 5.74) is -2.16. The average molecular weight is 349 g/mol. The Bertz CT molecular complexity index is 610. The van der Waals surface area contributed by atoms with E-state index in [0.717, 1.165) is 12.1 Å². The molecule has 0 aliphatic heterocycles. The summed E-state index contributed by atoms with van der Waals surface area (Å²) in [7, 11) is 0. The number of esters is 2. The van der Waals surface area contributed by atoms with E-state index in [-0.39, 0.29) is 13.2 Å². The summed E-state index contributed by atoms with van der Waals surface area (Å²) in [6, 6.07) is 2.50. The average Bonchev–Trinajstić information content (AvgIpc) is 2.48. The van der Waals surface area contributed by atoms with Gasteiger partial charge < -0.3 is 9.47 Å². The van der Waals surface area contributed by atoms with Gasteiger partial charge in [-0.05, 0) is 26.0 Å². The first-order valence-electron chi connectivity index (χ1n) is 6.95. The molecule has 0 amide bonds. The predicted molar refractivity (Wildman–Crippen MR) is 76.3 cm³/mol. The number of hydrogen-bond donors (Lipinski definition) is 0. The Morgan fingerprint density at radius 2 is 1.71 bits per heavy atom. The number of alkyl halides is 3. The van der Waals surface area contributed by atoms with Crippen molar-refractivity contribution in [3.63, 3.8) is 0 Å². The van der Waals surface area contributed by atoms with Gasteiger partial charge in [-0.15, -0.1) is 0 Å². The lowest BCUT2D eigenvalue weighted by molar-refractivity contribution is -0.157. The number of rotatable bonds is 6. The Morgan fingerprint density at radius 1 is 1.17 bits per heavy atom. The van der Waals surface area contributed by atoms with Gasteiger partial charge in [0.05, 0.1) is 24.5 Å². The van der Waals surface area contributed by atoms with Gasteiger partial charge in [0.1, 0.15) is 0 Å². The fourth-order valence-electron chi connectivity index (χ4n) is 1.68. The zero-order chi connectivity index (χ0) is 18.3. The number of benzene rings is 1. The number of aliphatic imine (C=N–C) groups is 1. The minimum absolute atomic E-state index is 0.0273. The standard InChI is InChI=1S/C15H15F4NO4/c1-3-23-13(21)9(14(22)24-4-2)8-20-11-7-5-6-10(12(11)16)15(17,18)19/h5-9H,3-4H2,1-2H3. The van der Waals surface area contributed by atoms with E-state index in [9.17, 15) is 27.2 Å². The van der Waals surface area contributed by atoms with Crippen molar-refractivity contribution >= 4 is 23.8 Å². The molecule has 24 heavy (non-hydrogen) atoms. The second-order valence-electron chi connectivity index (χ2n) is 4.40. The maximum Gasteiger partial charge on any atom is 0.419 e. The van der Waals surface area contributed by atoms with Crippen LogP contribution < -0.4 is 0 Å². The zero-order valence-electron chi connectivity index (χ0n) is 12.9. The first-order valence-corrected chi connectivity index (χ1v) is 6.95. The van der Waals surface area contributed by atoms with Gasteiger partial charge in [0.25, 0.3) is 0 Å². The lowest BCUT2D eigenvalue weighted by Crippen LogP contribution is -2.29. The van der Waals surface area contributed by atoms with Crippen LogP contribution in [0.5, 0.6) is 0 Å². The largest absolute Gasteiger partial charge is 0.465 e. The fraction of sp³-hybridized carbons (Fsp3) is 0.400. The van der Waals surface area contributed by atoms with Crippen molar-refractivity contribution in [3.8, 4) is 0 Å². The highest BCUT2D eigenvalue weighted by molar-refractivity contribution is 6.09. The van der Waals surface area contributed by atoms with E-state index in [2.05, 4.69) is 14.5 Å². The Balaban J connectivity index is 3.14. The van der Waals surface area contributed by atoms with E-state index in [0.29, 0.717) is 12.3 Å². The van der Waals surface area contributed by atoms with Gasteiger partial charge in [-0.2, -0.15) is 13.2 Å². The van der Waals surface area contributed by atoms with Crippen molar-refractivity contribution in [2.45, 2.75) is 20.0 Å². The van der Waals surface area contributed by atoms with Crippen LogP contribution in [0.1, 0.15) is 19.4 Å². The molecule has 0 radical (unpaired) electrons. The number of carbonyl (C=O) groups excluding carboxylic acids is 2. The highest BCUT2D eigenvalue weighted by Gasteiger charge is 2.35. The molecule has 0 saturated carbocycles. The molecule has 0 bridgehead atoms. The molecule has 0 aromatic heterocycles. The minimum atomic E-state index is -4.89. The van der Waals surface area contributed by atoms with Crippen molar-refractivity contribution in [2.24, 2.45) is 10.9 Å². The molecule has 1 aromatic rings. The van der Waals surface area contributed by atoms with Gasteiger partial charge in [0.2, 0.25) is 0 Å². The molecule has 1 aromatic carbocycles. The third-order valence-electron chi connectivity index (χ3n) is 2.73. The lowest BCUT2D eigenvalue weighted by Gasteiger charge is -2.11. The molecule has 0 saturated heterocycles. The number of hydrogen-bond acceptors (Lipinski definition) is 5. The zero-order valence-corrected chi connectivity index (χ0v) is 12.9. The van der Waals surface area contributed by atoms with E-state index in [1.165, 1.54) is 13.8 Å². The van der Waals surface area contributed by atoms with E-state index < -0.39 is 41.1 Å². The summed E-state index contributed by atoms with van der Waals surface area (Å²) in [5.74, 6) is -5.19. The maximum absolute atomic E-state index is 13.9.